The van der Waals surface area contributed by atoms with E-state index in [2.05, 4.69) is 9.71 Å². The molecule has 0 bridgehead atoms. The van der Waals surface area contributed by atoms with Crippen molar-refractivity contribution < 1.29 is 21.8 Å². The highest BCUT2D eigenvalue weighted by Crippen LogP contribution is 2.30. The van der Waals surface area contributed by atoms with E-state index >= 15 is 0 Å². The lowest BCUT2D eigenvalue weighted by atomic mass is 10.2. The van der Waals surface area contributed by atoms with Gasteiger partial charge >= 0.3 is 0 Å². The number of nitrogens with zero attached hydrogens (tertiary/aromatic N) is 2. The Bertz CT molecular complexity index is 1270. The van der Waals surface area contributed by atoms with Crippen molar-refractivity contribution >= 4 is 53.6 Å². The van der Waals surface area contributed by atoms with Gasteiger partial charge in [0.1, 0.15) is 4.21 Å². The minimum Gasteiger partial charge on any atom is -0.258 e. The van der Waals surface area contributed by atoms with E-state index in [9.17, 15) is 26.9 Å². The molecule has 0 atom stereocenters. The summed E-state index contributed by atoms with van der Waals surface area (Å²) in [6, 6.07) is 10.8. The lowest BCUT2D eigenvalue weighted by Gasteiger charge is -2.06. The molecule has 13 heteroatoms. The topological polar surface area (TPSA) is 136 Å². The predicted molar refractivity (Wildman–Crippen MR) is 108 cm³/mol. The van der Waals surface area contributed by atoms with Crippen molar-refractivity contribution in [1.29, 1.82) is 0 Å². The first kappa shape index (κ1) is 21.2. The van der Waals surface area contributed by atoms with E-state index in [4.69, 9.17) is 11.6 Å². The summed E-state index contributed by atoms with van der Waals surface area (Å²) in [4.78, 5) is 13.7. The van der Waals surface area contributed by atoms with Crippen molar-refractivity contribution in [2.45, 2.75) is 14.9 Å². The molecule has 0 fully saturated rings. The van der Waals surface area contributed by atoms with Crippen LogP contribution >= 0.6 is 22.9 Å². The average molecular weight is 474 g/mol. The second kappa shape index (κ2) is 8.06. The van der Waals surface area contributed by atoms with Crippen LogP contribution in [0, 0.1) is 10.1 Å². The molecule has 29 heavy (non-hydrogen) atoms. The lowest BCUT2D eigenvalue weighted by Crippen LogP contribution is -2.15. The number of sulfonamides is 1. The SMILES string of the molecule is O=[N+]([O-])c1ccc(S(=O)(=O)c2cnc(NS(=O)(=O)Cc3ccccc3Cl)s2)cc1. The van der Waals surface area contributed by atoms with Gasteiger partial charge in [0.15, 0.2) is 5.13 Å². The number of hydrogen-bond acceptors (Lipinski definition) is 8. The summed E-state index contributed by atoms with van der Waals surface area (Å²) in [6.45, 7) is 0. The van der Waals surface area contributed by atoms with E-state index in [1.54, 1.807) is 24.3 Å². The first-order valence-corrected chi connectivity index (χ1v) is 12.1. The van der Waals surface area contributed by atoms with Gasteiger partial charge in [-0.1, -0.05) is 41.1 Å². The fourth-order valence-electron chi connectivity index (χ4n) is 2.28. The first-order valence-electron chi connectivity index (χ1n) is 7.78. The maximum Gasteiger partial charge on any atom is 0.269 e. The number of nitro benzene ring substituents is 1. The second-order valence-corrected chi connectivity index (χ2v) is 11.0. The molecule has 3 aromatic rings. The van der Waals surface area contributed by atoms with E-state index in [1.165, 1.54) is 0 Å². The smallest absolute Gasteiger partial charge is 0.258 e. The number of rotatable bonds is 7. The predicted octanol–water partition coefficient (Wildman–Crippen LogP) is 3.48. The molecule has 2 aromatic carbocycles. The molecule has 0 aliphatic rings. The largest absolute Gasteiger partial charge is 0.269 e. The van der Waals surface area contributed by atoms with E-state index in [0.717, 1.165) is 30.5 Å². The van der Waals surface area contributed by atoms with Crippen LogP contribution in [0.25, 0.3) is 0 Å². The van der Waals surface area contributed by atoms with Crippen LogP contribution < -0.4 is 4.72 Å². The van der Waals surface area contributed by atoms with Gasteiger partial charge in [0.05, 0.1) is 21.8 Å². The Kier molecular flexibility index (Phi) is 5.89. The lowest BCUT2D eigenvalue weighted by molar-refractivity contribution is -0.384. The van der Waals surface area contributed by atoms with E-state index < -0.39 is 30.5 Å². The van der Waals surface area contributed by atoms with Crippen LogP contribution in [-0.2, 0) is 25.6 Å². The Morgan fingerprint density at radius 2 is 1.72 bits per heavy atom. The molecule has 0 spiro atoms. The second-order valence-electron chi connectivity index (χ2n) is 5.69. The van der Waals surface area contributed by atoms with Gasteiger partial charge in [0, 0.05) is 17.2 Å². The quantitative estimate of drug-likeness (QED) is 0.409. The Morgan fingerprint density at radius 3 is 2.34 bits per heavy atom. The van der Waals surface area contributed by atoms with Crippen LogP contribution in [0.3, 0.4) is 0 Å². The molecular formula is C16H12ClN3O6S3. The third kappa shape index (κ3) is 4.90. The summed E-state index contributed by atoms with van der Waals surface area (Å²) in [5, 5.41) is 10.9. The molecule has 0 radical (unpaired) electrons. The normalized spacial score (nSPS) is 11.9. The molecule has 0 amide bonds. The summed E-state index contributed by atoms with van der Waals surface area (Å²) in [5.41, 5.74) is 0.137. The number of sulfone groups is 1. The number of nitrogens with one attached hydrogen (secondary N) is 1. The average Bonchev–Trinajstić information content (AvgIpc) is 3.12. The Balaban J connectivity index is 1.81. The van der Waals surface area contributed by atoms with Gasteiger partial charge in [-0.25, -0.2) is 21.8 Å². The van der Waals surface area contributed by atoms with Crippen molar-refractivity contribution in [3.05, 3.63) is 75.4 Å². The zero-order valence-corrected chi connectivity index (χ0v) is 17.6. The van der Waals surface area contributed by atoms with Crippen molar-refractivity contribution in [2.75, 3.05) is 4.72 Å². The molecule has 0 unspecified atom stereocenters. The molecule has 3 rings (SSSR count). The Morgan fingerprint density at radius 1 is 1.07 bits per heavy atom. The number of aromatic nitrogens is 1. The van der Waals surface area contributed by atoms with Crippen molar-refractivity contribution in [3.8, 4) is 0 Å². The Labute approximate surface area is 175 Å². The summed E-state index contributed by atoms with van der Waals surface area (Å²) in [7, 11) is -7.88. The number of benzene rings is 2. The van der Waals surface area contributed by atoms with Gasteiger partial charge < -0.3 is 0 Å². The third-order valence-corrected chi connectivity index (χ3v) is 8.49. The van der Waals surface area contributed by atoms with E-state index in [0.29, 0.717) is 21.9 Å². The number of hydrogen-bond donors (Lipinski definition) is 1. The zero-order valence-electron chi connectivity index (χ0n) is 14.3. The minimum atomic E-state index is -4.00. The molecular weight excluding hydrogens is 462 g/mol. The number of anilines is 1. The van der Waals surface area contributed by atoms with Crippen LogP contribution in [0.15, 0.2) is 63.8 Å². The molecule has 1 N–H and O–H groups in total. The molecule has 152 valence electrons. The third-order valence-electron chi connectivity index (χ3n) is 3.65. The van der Waals surface area contributed by atoms with Gasteiger partial charge in [0.25, 0.3) is 5.69 Å². The van der Waals surface area contributed by atoms with Gasteiger partial charge in [-0.15, -0.1) is 0 Å². The number of halogens is 1. The molecule has 0 aliphatic heterocycles. The van der Waals surface area contributed by atoms with Gasteiger partial charge in [-0.3, -0.25) is 14.8 Å². The zero-order chi connectivity index (χ0) is 21.2. The summed E-state index contributed by atoms with van der Waals surface area (Å²) < 4.78 is 52.0. The molecule has 9 nitrogen and oxygen atoms in total. The molecule has 1 aromatic heterocycles. The van der Waals surface area contributed by atoms with Crippen molar-refractivity contribution in [3.63, 3.8) is 0 Å². The fraction of sp³-hybridized carbons (Fsp3) is 0.0625. The Hall–Kier alpha value is -2.54. The summed E-state index contributed by atoms with van der Waals surface area (Å²) in [6.07, 6.45) is 1.02. The van der Waals surface area contributed by atoms with Gasteiger partial charge in [0.2, 0.25) is 19.9 Å². The number of nitro groups is 1. The van der Waals surface area contributed by atoms with Crippen molar-refractivity contribution in [1.82, 2.24) is 4.98 Å². The van der Waals surface area contributed by atoms with Crippen molar-refractivity contribution in [2.24, 2.45) is 0 Å². The maximum atomic E-state index is 12.6. The maximum absolute atomic E-state index is 12.6. The minimum absolute atomic E-state index is 0.127. The highest BCUT2D eigenvalue weighted by Gasteiger charge is 2.23. The molecule has 0 saturated carbocycles. The first-order chi connectivity index (χ1) is 13.6. The van der Waals surface area contributed by atoms with Crippen LogP contribution in [-0.4, -0.2) is 26.7 Å². The van der Waals surface area contributed by atoms with E-state index in [-0.39, 0.29) is 19.9 Å². The van der Waals surface area contributed by atoms with Gasteiger partial charge in [-0.05, 0) is 23.8 Å². The highest BCUT2D eigenvalue weighted by atomic mass is 35.5. The van der Waals surface area contributed by atoms with E-state index in [1.807, 2.05) is 0 Å². The van der Waals surface area contributed by atoms with Crippen LogP contribution in [0.4, 0.5) is 10.8 Å². The number of thiazole rings is 1. The van der Waals surface area contributed by atoms with Crippen LogP contribution in [0.5, 0.6) is 0 Å². The van der Waals surface area contributed by atoms with Crippen LogP contribution in [0.1, 0.15) is 5.56 Å². The standard InChI is InChI=1S/C16H12ClN3O6S3/c17-14-4-2-1-3-11(14)10-28(23,24)19-16-18-9-15(27-16)29(25,26)13-7-5-12(6-8-13)20(21)22/h1-9H,10H2,(H,18,19). The molecule has 0 saturated heterocycles. The molecule has 0 aliphatic carbocycles. The number of non-ortho nitro benzene ring substituents is 1. The monoisotopic (exact) mass is 473 g/mol. The fourth-order valence-corrected chi connectivity index (χ4v) is 6.45. The molecule has 1 heterocycles. The summed E-state index contributed by atoms with van der Waals surface area (Å²) >= 11 is 6.60. The summed E-state index contributed by atoms with van der Waals surface area (Å²) in [5.74, 6) is -0.406. The van der Waals surface area contributed by atoms with Gasteiger partial charge in [-0.2, -0.15) is 0 Å². The van der Waals surface area contributed by atoms with Crippen LogP contribution in [0.2, 0.25) is 5.02 Å². The highest BCUT2D eigenvalue weighted by molar-refractivity contribution is 7.94.